The monoisotopic (exact) mass is 328 g/mol. The summed E-state index contributed by atoms with van der Waals surface area (Å²) in [5.74, 6) is 2.25. The minimum Gasteiger partial charge on any atom is -0.353 e. The van der Waals surface area contributed by atoms with E-state index in [9.17, 15) is 4.79 Å². The molecule has 0 saturated heterocycles. The number of carbonyl (C=O) groups is 1. The summed E-state index contributed by atoms with van der Waals surface area (Å²) >= 11 is 0. The lowest BCUT2D eigenvalue weighted by Gasteiger charge is -2.34. The van der Waals surface area contributed by atoms with Gasteiger partial charge in [0.1, 0.15) is 0 Å². The number of carbonyl (C=O) groups excluding carboxylic acids is 1. The van der Waals surface area contributed by atoms with Crippen molar-refractivity contribution in [2.45, 2.75) is 52.0 Å². The molecule has 3 rings (SSSR count). The molecular weight excluding hydrogens is 304 g/mol. The van der Waals surface area contributed by atoms with E-state index in [0.29, 0.717) is 36.4 Å². The molecule has 2 aromatic heterocycles. The van der Waals surface area contributed by atoms with E-state index < -0.39 is 0 Å². The average molecular weight is 328 g/mol. The number of amides is 1. The summed E-state index contributed by atoms with van der Waals surface area (Å²) < 4.78 is 5.23. The molecule has 2 heterocycles. The molecule has 6 nitrogen and oxygen atoms in total. The van der Waals surface area contributed by atoms with Gasteiger partial charge in [-0.25, -0.2) is 0 Å². The summed E-state index contributed by atoms with van der Waals surface area (Å²) in [7, 11) is 0. The second-order valence-electron chi connectivity index (χ2n) is 6.69. The molecule has 0 radical (unpaired) electrons. The second-order valence-corrected chi connectivity index (χ2v) is 6.69. The van der Waals surface area contributed by atoms with Crippen molar-refractivity contribution in [1.82, 2.24) is 20.4 Å². The molecule has 24 heavy (non-hydrogen) atoms. The van der Waals surface area contributed by atoms with Gasteiger partial charge in [0.05, 0.1) is 0 Å². The van der Waals surface area contributed by atoms with Crippen LogP contribution in [0.2, 0.25) is 0 Å². The van der Waals surface area contributed by atoms with Gasteiger partial charge < -0.3 is 9.84 Å². The maximum Gasteiger partial charge on any atom is 0.227 e. The maximum absolute atomic E-state index is 12.2. The van der Waals surface area contributed by atoms with Gasteiger partial charge in [-0.2, -0.15) is 4.98 Å². The van der Waals surface area contributed by atoms with Crippen LogP contribution in [-0.4, -0.2) is 27.1 Å². The zero-order valence-corrected chi connectivity index (χ0v) is 14.2. The van der Waals surface area contributed by atoms with Crippen LogP contribution in [0.25, 0.3) is 11.4 Å². The molecular formula is C18H24N4O2. The van der Waals surface area contributed by atoms with Crippen molar-refractivity contribution in [3.63, 3.8) is 0 Å². The molecule has 3 atom stereocenters. The van der Waals surface area contributed by atoms with Gasteiger partial charge in [-0.1, -0.05) is 31.8 Å². The maximum atomic E-state index is 12.2. The first-order valence-corrected chi connectivity index (χ1v) is 8.66. The Morgan fingerprint density at radius 1 is 1.38 bits per heavy atom. The second kappa shape index (κ2) is 7.55. The molecule has 0 unspecified atom stereocenters. The van der Waals surface area contributed by atoms with Crippen molar-refractivity contribution in [3.05, 3.63) is 30.4 Å². The number of nitrogens with zero attached hydrogens (tertiary/aromatic N) is 3. The van der Waals surface area contributed by atoms with E-state index in [4.69, 9.17) is 4.52 Å². The van der Waals surface area contributed by atoms with Crippen molar-refractivity contribution in [2.24, 2.45) is 11.8 Å². The number of hydrogen-bond donors (Lipinski definition) is 1. The Bertz CT molecular complexity index is 671. The third kappa shape index (κ3) is 3.99. The predicted octanol–water partition coefficient (Wildman–Crippen LogP) is 3.01. The Kier molecular flexibility index (Phi) is 5.23. The summed E-state index contributed by atoms with van der Waals surface area (Å²) in [5.41, 5.74) is 0.807. The van der Waals surface area contributed by atoms with Crippen molar-refractivity contribution < 1.29 is 9.32 Å². The van der Waals surface area contributed by atoms with E-state index in [1.165, 1.54) is 12.8 Å². The Balaban J connectivity index is 1.51. The molecule has 2 aromatic rings. The Morgan fingerprint density at radius 2 is 2.25 bits per heavy atom. The van der Waals surface area contributed by atoms with Gasteiger partial charge in [-0.05, 0) is 30.4 Å². The van der Waals surface area contributed by atoms with E-state index in [1.807, 2.05) is 12.1 Å². The smallest absolute Gasteiger partial charge is 0.227 e. The third-order valence-electron chi connectivity index (χ3n) is 5.01. The minimum atomic E-state index is 0.0575. The zero-order chi connectivity index (χ0) is 16.9. The molecule has 1 N–H and O–H groups in total. The lowest BCUT2D eigenvalue weighted by atomic mass is 9.78. The average Bonchev–Trinajstić information content (AvgIpc) is 3.07. The van der Waals surface area contributed by atoms with E-state index in [1.54, 1.807) is 12.4 Å². The topological polar surface area (TPSA) is 80.9 Å². The Hall–Kier alpha value is -2.24. The highest BCUT2D eigenvalue weighted by molar-refractivity contribution is 5.76. The standard InChI is InChI=1S/C18H24N4O2/c1-12-5-3-7-15(13(12)2)20-16(23)8-9-17-21-18(22-24-17)14-6-4-10-19-11-14/h4,6,10-13,15H,3,5,7-9H2,1-2H3,(H,20,23)/t12-,13+,15-/m1/s1. The van der Waals surface area contributed by atoms with Crippen LogP contribution in [0.15, 0.2) is 29.0 Å². The van der Waals surface area contributed by atoms with Gasteiger partial charge >= 0.3 is 0 Å². The number of nitrogens with one attached hydrogen (secondary N) is 1. The van der Waals surface area contributed by atoms with Crippen LogP contribution >= 0.6 is 0 Å². The van der Waals surface area contributed by atoms with Gasteiger partial charge in [0.15, 0.2) is 0 Å². The fourth-order valence-corrected chi connectivity index (χ4v) is 3.25. The van der Waals surface area contributed by atoms with E-state index in [0.717, 1.165) is 12.0 Å². The fraction of sp³-hybridized carbons (Fsp3) is 0.556. The number of rotatable bonds is 5. The van der Waals surface area contributed by atoms with Crippen LogP contribution in [-0.2, 0) is 11.2 Å². The number of aromatic nitrogens is 3. The van der Waals surface area contributed by atoms with Crippen LogP contribution < -0.4 is 5.32 Å². The molecule has 0 bridgehead atoms. The summed E-state index contributed by atoms with van der Waals surface area (Å²) in [6.45, 7) is 4.49. The Morgan fingerprint density at radius 3 is 3.04 bits per heavy atom. The van der Waals surface area contributed by atoms with Crippen LogP contribution in [0, 0.1) is 11.8 Å². The SMILES string of the molecule is C[C@H]1[C@H](C)CCC[C@H]1NC(=O)CCc1nc(-c2cccnc2)no1. The van der Waals surface area contributed by atoms with Crippen molar-refractivity contribution >= 4 is 5.91 Å². The zero-order valence-electron chi connectivity index (χ0n) is 14.2. The van der Waals surface area contributed by atoms with Crippen LogP contribution in [0.1, 0.15) is 45.4 Å². The molecule has 1 aliphatic rings. The number of pyridine rings is 1. The van der Waals surface area contributed by atoms with Crippen molar-refractivity contribution in [1.29, 1.82) is 0 Å². The predicted molar refractivity (Wildman–Crippen MR) is 90.0 cm³/mol. The molecule has 6 heteroatoms. The molecule has 128 valence electrons. The van der Waals surface area contributed by atoms with Crippen LogP contribution in [0.3, 0.4) is 0 Å². The van der Waals surface area contributed by atoms with Crippen molar-refractivity contribution in [2.75, 3.05) is 0 Å². The van der Waals surface area contributed by atoms with Gasteiger partial charge in [0.2, 0.25) is 17.6 Å². The first kappa shape index (κ1) is 16.6. The normalized spacial score (nSPS) is 23.8. The van der Waals surface area contributed by atoms with Gasteiger partial charge in [0, 0.05) is 36.8 Å². The summed E-state index contributed by atoms with van der Waals surface area (Å²) in [4.78, 5) is 20.6. The molecule has 1 saturated carbocycles. The van der Waals surface area contributed by atoms with E-state index in [2.05, 4.69) is 34.3 Å². The summed E-state index contributed by atoms with van der Waals surface area (Å²) in [6.07, 6.45) is 7.72. The van der Waals surface area contributed by atoms with Crippen molar-refractivity contribution in [3.8, 4) is 11.4 Å². The van der Waals surface area contributed by atoms with Gasteiger partial charge in [-0.15, -0.1) is 0 Å². The molecule has 0 aliphatic heterocycles. The lowest BCUT2D eigenvalue weighted by molar-refractivity contribution is -0.122. The fourth-order valence-electron chi connectivity index (χ4n) is 3.25. The highest BCUT2D eigenvalue weighted by Gasteiger charge is 2.28. The lowest BCUT2D eigenvalue weighted by Crippen LogP contribution is -2.43. The first-order valence-electron chi connectivity index (χ1n) is 8.66. The highest BCUT2D eigenvalue weighted by Crippen LogP contribution is 2.29. The van der Waals surface area contributed by atoms with E-state index >= 15 is 0 Å². The molecule has 0 aromatic carbocycles. The molecule has 1 fully saturated rings. The van der Waals surface area contributed by atoms with Gasteiger partial charge in [-0.3, -0.25) is 9.78 Å². The summed E-state index contributed by atoms with van der Waals surface area (Å²) in [5, 5.41) is 7.11. The quantitative estimate of drug-likeness (QED) is 0.912. The highest BCUT2D eigenvalue weighted by atomic mass is 16.5. The summed E-state index contributed by atoms with van der Waals surface area (Å²) in [6, 6.07) is 3.99. The minimum absolute atomic E-state index is 0.0575. The van der Waals surface area contributed by atoms with Gasteiger partial charge in [0.25, 0.3) is 0 Å². The largest absolute Gasteiger partial charge is 0.353 e. The molecule has 1 amide bonds. The molecule has 1 aliphatic carbocycles. The van der Waals surface area contributed by atoms with Crippen LogP contribution in [0.4, 0.5) is 0 Å². The molecule has 0 spiro atoms. The van der Waals surface area contributed by atoms with E-state index in [-0.39, 0.29) is 11.9 Å². The Labute approximate surface area is 142 Å². The van der Waals surface area contributed by atoms with Crippen LogP contribution in [0.5, 0.6) is 0 Å². The number of aryl methyl sites for hydroxylation is 1. The first-order chi connectivity index (χ1) is 11.6. The number of hydrogen-bond acceptors (Lipinski definition) is 5. The third-order valence-corrected chi connectivity index (χ3v) is 5.01.